The highest BCUT2D eigenvalue weighted by molar-refractivity contribution is 7.89. The number of alkyl halides is 3. The van der Waals surface area contributed by atoms with Crippen molar-refractivity contribution in [3.63, 3.8) is 0 Å². The van der Waals surface area contributed by atoms with Gasteiger partial charge in [0.2, 0.25) is 10.0 Å². The highest BCUT2D eigenvalue weighted by atomic mass is 32.2. The lowest BCUT2D eigenvalue weighted by Crippen LogP contribution is -2.14. The zero-order valence-electron chi connectivity index (χ0n) is 12.5. The predicted octanol–water partition coefficient (Wildman–Crippen LogP) is 1.53. The molecule has 0 spiro atoms. The topological polar surface area (TPSA) is 117 Å². The first-order valence-corrected chi connectivity index (χ1v) is 8.26. The number of sulfonamides is 1. The summed E-state index contributed by atoms with van der Waals surface area (Å²) in [7, 11) is -4.08. The highest BCUT2D eigenvalue weighted by Crippen LogP contribution is 2.29. The fraction of sp³-hybridized carbons (Fsp3) is 0.0769. The van der Waals surface area contributed by atoms with E-state index in [9.17, 15) is 26.0 Å². The van der Waals surface area contributed by atoms with Crippen LogP contribution in [-0.2, 0) is 16.2 Å². The number of rotatable bonds is 3. The molecule has 2 N–H and O–H groups in total. The van der Waals surface area contributed by atoms with E-state index in [-0.39, 0.29) is 17.3 Å². The van der Waals surface area contributed by atoms with Crippen LogP contribution in [0, 0.1) is 5.82 Å². The first-order valence-electron chi connectivity index (χ1n) is 6.71. The molecule has 13 heteroatoms. The van der Waals surface area contributed by atoms with Crippen molar-refractivity contribution in [1.29, 1.82) is 0 Å². The van der Waals surface area contributed by atoms with E-state index < -0.39 is 32.7 Å². The molecule has 3 rings (SSSR count). The van der Waals surface area contributed by atoms with Gasteiger partial charge in [-0.05, 0) is 24.3 Å². The van der Waals surface area contributed by atoms with Gasteiger partial charge in [-0.1, -0.05) is 0 Å². The summed E-state index contributed by atoms with van der Waals surface area (Å²) in [6.07, 6.45) is -3.21. The van der Waals surface area contributed by atoms with Crippen LogP contribution in [-0.4, -0.2) is 33.2 Å². The van der Waals surface area contributed by atoms with Crippen molar-refractivity contribution in [1.82, 2.24) is 24.7 Å². The van der Waals surface area contributed by atoms with Gasteiger partial charge < -0.3 is 0 Å². The zero-order chi connectivity index (χ0) is 19.1. The smallest absolute Gasteiger partial charge is 0.225 e. The Morgan fingerprint density at radius 2 is 1.62 bits per heavy atom. The summed E-state index contributed by atoms with van der Waals surface area (Å²) in [5.41, 5.74) is 0.119. The van der Waals surface area contributed by atoms with Crippen molar-refractivity contribution in [3.05, 3.63) is 48.3 Å². The van der Waals surface area contributed by atoms with Crippen LogP contribution in [0.25, 0.3) is 17.3 Å². The second-order valence-electron chi connectivity index (χ2n) is 4.94. The number of benzene rings is 1. The van der Waals surface area contributed by atoms with E-state index in [2.05, 4.69) is 20.1 Å². The number of hydrogen-bond acceptors (Lipinski definition) is 6. The lowest BCUT2D eigenvalue weighted by Gasteiger charge is -2.04. The Morgan fingerprint density at radius 1 is 1.04 bits per heavy atom. The number of nitrogens with zero attached hydrogens (tertiary/aromatic N) is 5. The Kier molecular flexibility index (Phi) is 4.20. The van der Waals surface area contributed by atoms with Gasteiger partial charge in [0.25, 0.3) is 11.8 Å². The molecule has 0 fully saturated rings. The Bertz CT molecular complexity index is 1050. The summed E-state index contributed by atoms with van der Waals surface area (Å²) >= 11 is 0. The fourth-order valence-corrected chi connectivity index (χ4v) is 2.32. The van der Waals surface area contributed by atoms with Crippen molar-refractivity contribution in [3.8, 4) is 17.3 Å². The first kappa shape index (κ1) is 17.9. The summed E-state index contributed by atoms with van der Waals surface area (Å²) < 4.78 is 75.0. The molecule has 0 amide bonds. The maximum atomic E-state index is 13.1. The standard InChI is InChI=1S/C13H8F4N6O2S/c14-8-3-1-7(2-4-8)10-21-11(13(15,16)17)22-23(10)12-19-5-9(6-20-12)26(18,24)25/h1-6H,(H2,18,24,25). The molecular formula is C13H8F4N6O2S. The van der Waals surface area contributed by atoms with Gasteiger partial charge >= 0.3 is 6.18 Å². The van der Waals surface area contributed by atoms with E-state index in [0.717, 1.165) is 24.5 Å². The lowest BCUT2D eigenvalue weighted by atomic mass is 10.2. The summed E-state index contributed by atoms with van der Waals surface area (Å²) in [4.78, 5) is 10.3. The minimum Gasteiger partial charge on any atom is -0.225 e. The molecular weight excluding hydrogens is 380 g/mol. The maximum absolute atomic E-state index is 13.1. The molecule has 0 aliphatic rings. The Balaban J connectivity index is 2.16. The van der Waals surface area contributed by atoms with Crippen LogP contribution in [0.15, 0.2) is 41.6 Å². The molecule has 0 bridgehead atoms. The summed E-state index contributed by atoms with van der Waals surface area (Å²) in [5, 5.41) is 8.24. The Hall–Kier alpha value is -2.93. The van der Waals surface area contributed by atoms with Crippen LogP contribution in [0.1, 0.15) is 5.82 Å². The Labute approximate surface area is 143 Å². The lowest BCUT2D eigenvalue weighted by molar-refractivity contribution is -0.144. The molecule has 0 aliphatic carbocycles. The van der Waals surface area contributed by atoms with Gasteiger partial charge in [-0.3, -0.25) is 0 Å². The third-order valence-electron chi connectivity index (χ3n) is 3.10. The van der Waals surface area contributed by atoms with Gasteiger partial charge in [-0.15, -0.1) is 5.10 Å². The van der Waals surface area contributed by atoms with Crippen LogP contribution < -0.4 is 5.14 Å². The monoisotopic (exact) mass is 388 g/mol. The van der Waals surface area contributed by atoms with Crippen molar-refractivity contribution in [2.24, 2.45) is 5.14 Å². The normalized spacial score (nSPS) is 12.3. The largest absolute Gasteiger partial charge is 0.453 e. The molecule has 0 saturated carbocycles. The minimum atomic E-state index is -4.85. The van der Waals surface area contributed by atoms with Crippen LogP contribution >= 0.6 is 0 Å². The molecule has 0 atom stereocenters. The minimum absolute atomic E-state index is 0.119. The number of aromatic nitrogens is 5. The predicted molar refractivity (Wildman–Crippen MR) is 78.7 cm³/mol. The first-order chi connectivity index (χ1) is 12.1. The average Bonchev–Trinajstić information content (AvgIpc) is 3.00. The molecule has 8 nitrogen and oxygen atoms in total. The van der Waals surface area contributed by atoms with E-state index in [4.69, 9.17) is 5.14 Å². The maximum Gasteiger partial charge on any atom is 0.453 e. The molecule has 26 heavy (non-hydrogen) atoms. The van der Waals surface area contributed by atoms with E-state index in [1.807, 2.05) is 0 Å². The molecule has 0 radical (unpaired) electrons. The van der Waals surface area contributed by atoms with Gasteiger partial charge in [0, 0.05) is 5.56 Å². The molecule has 2 aromatic heterocycles. The molecule has 2 heterocycles. The molecule has 136 valence electrons. The van der Waals surface area contributed by atoms with Crippen LogP contribution in [0.5, 0.6) is 0 Å². The van der Waals surface area contributed by atoms with Crippen molar-refractivity contribution in [2.75, 3.05) is 0 Å². The van der Waals surface area contributed by atoms with Crippen LogP contribution in [0.4, 0.5) is 17.6 Å². The average molecular weight is 388 g/mol. The molecule has 0 unspecified atom stereocenters. The second-order valence-corrected chi connectivity index (χ2v) is 6.50. The zero-order valence-corrected chi connectivity index (χ0v) is 13.3. The highest BCUT2D eigenvalue weighted by Gasteiger charge is 2.37. The van der Waals surface area contributed by atoms with Crippen molar-refractivity contribution in [2.45, 2.75) is 11.1 Å². The van der Waals surface area contributed by atoms with E-state index >= 15 is 0 Å². The van der Waals surface area contributed by atoms with Gasteiger partial charge in [-0.25, -0.2) is 32.9 Å². The van der Waals surface area contributed by atoms with Crippen LogP contribution in [0.3, 0.4) is 0 Å². The Morgan fingerprint density at radius 3 is 2.12 bits per heavy atom. The second kappa shape index (κ2) is 6.10. The van der Waals surface area contributed by atoms with Gasteiger partial charge in [0.1, 0.15) is 10.7 Å². The van der Waals surface area contributed by atoms with E-state index in [1.165, 1.54) is 12.1 Å². The van der Waals surface area contributed by atoms with Crippen molar-refractivity contribution >= 4 is 10.0 Å². The summed E-state index contributed by atoms with van der Waals surface area (Å²) in [5.74, 6) is -2.74. The number of nitrogens with two attached hydrogens (primary N) is 1. The molecule has 0 aliphatic heterocycles. The number of hydrogen-bond donors (Lipinski definition) is 1. The quantitative estimate of drug-likeness (QED) is 0.680. The summed E-state index contributed by atoms with van der Waals surface area (Å²) in [6, 6.07) is 4.47. The summed E-state index contributed by atoms with van der Waals surface area (Å²) in [6.45, 7) is 0. The van der Waals surface area contributed by atoms with E-state index in [1.54, 1.807) is 0 Å². The third-order valence-corrected chi connectivity index (χ3v) is 3.96. The molecule has 3 aromatic rings. The van der Waals surface area contributed by atoms with Gasteiger partial charge in [0.15, 0.2) is 5.82 Å². The molecule has 0 saturated heterocycles. The number of halogens is 4. The van der Waals surface area contributed by atoms with Gasteiger partial charge in [0.05, 0.1) is 12.4 Å². The van der Waals surface area contributed by atoms with Crippen LogP contribution in [0.2, 0.25) is 0 Å². The fourth-order valence-electron chi connectivity index (χ4n) is 1.92. The third kappa shape index (κ3) is 3.52. The van der Waals surface area contributed by atoms with Crippen molar-refractivity contribution < 1.29 is 26.0 Å². The van der Waals surface area contributed by atoms with E-state index in [0.29, 0.717) is 4.68 Å². The van der Waals surface area contributed by atoms with Gasteiger partial charge in [-0.2, -0.15) is 17.9 Å². The molecule has 1 aromatic carbocycles. The number of primary sulfonamides is 1. The SMILES string of the molecule is NS(=O)(=O)c1cnc(-n2nc(C(F)(F)F)nc2-c2ccc(F)cc2)nc1.